The van der Waals surface area contributed by atoms with Gasteiger partial charge < -0.3 is 5.32 Å². The highest BCUT2D eigenvalue weighted by atomic mass is 15.3. The lowest BCUT2D eigenvalue weighted by atomic mass is 10.2. The molecule has 0 aliphatic carbocycles. The molecule has 0 aliphatic rings. The number of nitrogens with zero attached hydrogens (tertiary/aromatic N) is 4. The Hall–Kier alpha value is -1.75. The van der Waals surface area contributed by atoms with Gasteiger partial charge >= 0.3 is 0 Å². The maximum Gasteiger partial charge on any atom is 0.151 e. The number of aromatic nitrogens is 4. The van der Waals surface area contributed by atoms with Crippen LogP contribution < -0.4 is 5.32 Å². The number of hydrogen-bond donors (Lipinski definition) is 1. The minimum absolute atomic E-state index is 0.0151. The number of rotatable bonds is 3. The van der Waals surface area contributed by atoms with Crippen molar-refractivity contribution in [2.24, 2.45) is 7.05 Å². The Bertz CT molecular complexity index is 422. The van der Waals surface area contributed by atoms with Crippen LogP contribution in [-0.2, 0) is 7.05 Å². The van der Waals surface area contributed by atoms with Crippen LogP contribution in [-0.4, -0.2) is 26.8 Å². The van der Waals surface area contributed by atoms with Gasteiger partial charge in [-0.05, 0) is 19.2 Å². The summed E-state index contributed by atoms with van der Waals surface area (Å²) in [7, 11) is 3.79. The van der Waals surface area contributed by atoms with Crippen molar-refractivity contribution in [2.45, 2.75) is 6.04 Å². The van der Waals surface area contributed by atoms with Crippen LogP contribution in [0.15, 0.2) is 30.7 Å². The predicted octanol–water partition coefficient (Wildman–Crippen LogP) is 0.519. The lowest BCUT2D eigenvalue weighted by Gasteiger charge is -2.14. The molecule has 0 fully saturated rings. The van der Waals surface area contributed by atoms with Crippen LogP contribution in [0.3, 0.4) is 0 Å². The molecule has 0 spiro atoms. The summed E-state index contributed by atoms with van der Waals surface area (Å²) in [5, 5.41) is 7.31. The van der Waals surface area contributed by atoms with Gasteiger partial charge in [-0.15, -0.1) is 0 Å². The van der Waals surface area contributed by atoms with E-state index in [-0.39, 0.29) is 6.04 Å². The van der Waals surface area contributed by atoms with Gasteiger partial charge in [0.05, 0.1) is 5.69 Å². The van der Waals surface area contributed by atoms with Crippen molar-refractivity contribution < 1.29 is 0 Å². The van der Waals surface area contributed by atoms with E-state index in [1.165, 1.54) is 0 Å². The first-order chi connectivity index (χ1) is 7.33. The summed E-state index contributed by atoms with van der Waals surface area (Å²) in [6.07, 6.45) is 5.24. The average molecular weight is 203 g/mol. The Kier molecular flexibility index (Phi) is 2.73. The lowest BCUT2D eigenvalue weighted by Crippen LogP contribution is -2.22. The van der Waals surface area contributed by atoms with E-state index in [0.717, 1.165) is 11.5 Å². The second-order valence-electron chi connectivity index (χ2n) is 3.21. The fourth-order valence-electron chi connectivity index (χ4n) is 1.54. The Morgan fingerprint density at radius 2 is 2.00 bits per heavy atom. The molecule has 1 atom stereocenters. The van der Waals surface area contributed by atoms with Crippen molar-refractivity contribution in [3.63, 3.8) is 0 Å². The summed E-state index contributed by atoms with van der Waals surface area (Å²) in [6.45, 7) is 0. The van der Waals surface area contributed by atoms with Gasteiger partial charge in [0.25, 0.3) is 0 Å². The Morgan fingerprint density at radius 1 is 1.27 bits per heavy atom. The molecule has 2 aromatic rings. The third kappa shape index (κ3) is 1.87. The molecular formula is C10H13N5. The van der Waals surface area contributed by atoms with Gasteiger partial charge in [-0.3, -0.25) is 4.68 Å². The van der Waals surface area contributed by atoms with Crippen molar-refractivity contribution in [3.05, 3.63) is 42.2 Å². The molecule has 1 N–H and O–H groups in total. The van der Waals surface area contributed by atoms with Crippen LogP contribution >= 0.6 is 0 Å². The largest absolute Gasteiger partial charge is 0.305 e. The zero-order valence-electron chi connectivity index (χ0n) is 8.75. The van der Waals surface area contributed by atoms with Crippen molar-refractivity contribution in [1.82, 2.24) is 25.1 Å². The van der Waals surface area contributed by atoms with Crippen molar-refractivity contribution >= 4 is 0 Å². The average Bonchev–Trinajstić information content (AvgIpc) is 2.68. The second kappa shape index (κ2) is 4.18. The van der Waals surface area contributed by atoms with Gasteiger partial charge in [0.1, 0.15) is 6.04 Å². The van der Waals surface area contributed by atoms with Crippen LogP contribution in [0.25, 0.3) is 0 Å². The third-order valence-corrected chi connectivity index (χ3v) is 2.29. The molecule has 2 aromatic heterocycles. The number of hydrogen-bond acceptors (Lipinski definition) is 4. The minimum atomic E-state index is -0.0151. The number of nitrogens with one attached hydrogen (secondary N) is 1. The lowest BCUT2D eigenvalue weighted by molar-refractivity contribution is 0.579. The third-order valence-electron chi connectivity index (χ3n) is 2.29. The van der Waals surface area contributed by atoms with Gasteiger partial charge in [0.15, 0.2) is 5.82 Å². The summed E-state index contributed by atoms with van der Waals surface area (Å²) in [5.74, 6) is 0.753. The van der Waals surface area contributed by atoms with Gasteiger partial charge in [0, 0.05) is 25.6 Å². The molecule has 0 radical (unpaired) electrons. The Labute approximate surface area is 88.2 Å². The topological polar surface area (TPSA) is 55.6 Å². The van der Waals surface area contributed by atoms with E-state index in [9.17, 15) is 0 Å². The van der Waals surface area contributed by atoms with Crippen molar-refractivity contribution in [2.75, 3.05) is 7.05 Å². The maximum absolute atomic E-state index is 4.23. The SMILES string of the molecule is CNC(c1ncccn1)c1ccnn1C. The molecule has 2 rings (SSSR count). The monoisotopic (exact) mass is 203 g/mol. The minimum Gasteiger partial charge on any atom is -0.305 e. The van der Waals surface area contributed by atoms with Gasteiger partial charge in [-0.1, -0.05) is 0 Å². The van der Waals surface area contributed by atoms with E-state index in [1.54, 1.807) is 24.7 Å². The summed E-state index contributed by atoms with van der Waals surface area (Å²) in [4.78, 5) is 8.46. The quantitative estimate of drug-likeness (QED) is 0.790. The normalized spacial score (nSPS) is 12.7. The summed E-state index contributed by atoms with van der Waals surface area (Å²) >= 11 is 0. The Balaban J connectivity index is 2.37. The van der Waals surface area contributed by atoms with Crippen LogP contribution in [0.4, 0.5) is 0 Å². The zero-order chi connectivity index (χ0) is 10.7. The molecule has 2 heterocycles. The van der Waals surface area contributed by atoms with Crippen molar-refractivity contribution in [1.29, 1.82) is 0 Å². The fraction of sp³-hybridized carbons (Fsp3) is 0.300. The van der Waals surface area contributed by atoms with Gasteiger partial charge in [-0.25, -0.2) is 9.97 Å². The molecule has 0 saturated heterocycles. The highest BCUT2D eigenvalue weighted by Gasteiger charge is 2.17. The highest BCUT2D eigenvalue weighted by Crippen LogP contribution is 2.16. The van der Waals surface area contributed by atoms with Gasteiger partial charge in [0.2, 0.25) is 0 Å². The first-order valence-corrected chi connectivity index (χ1v) is 4.75. The molecule has 0 aliphatic heterocycles. The van der Waals surface area contributed by atoms with Crippen molar-refractivity contribution in [3.8, 4) is 0 Å². The van der Waals surface area contributed by atoms with E-state index in [2.05, 4.69) is 20.4 Å². The van der Waals surface area contributed by atoms with Crippen LogP contribution in [0, 0.1) is 0 Å². The van der Waals surface area contributed by atoms with E-state index in [4.69, 9.17) is 0 Å². The summed E-state index contributed by atoms with van der Waals surface area (Å²) < 4.78 is 1.82. The van der Waals surface area contributed by atoms with Crippen LogP contribution in [0.5, 0.6) is 0 Å². The molecule has 0 saturated carbocycles. The maximum atomic E-state index is 4.23. The van der Waals surface area contributed by atoms with Crippen LogP contribution in [0.2, 0.25) is 0 Å². The summed E-state index contributed by atoms with van der Waals surface area (Å²) in [6, 6.07) is 3.75. The second-order valence-corrected chi connectivity index (χ2v) is 3.21. The molecule has 0 bridgehead atoms. The molecule has 15 heavy (non-hydrogen) atoms. The molecule has 0 amide bonds. The fourth-order valence-corrected chi connectivity index (χ4v) is 1.54. The van der Waals surface area contributed by atoms with E-state index >= 15 is 0 Å². The van der Waals surface area contributed by atoms with E-state index in [0.29, 0.717) is 0 Å². The number of aryl methyl sites for hydroxylation is 1. The molecule has 5 heteroatoms. The van der Waals surface area contributed by atoms with Gasteiger partial charge in [-0.2, -0.15) is 5.10 Å². The van der Waals surface area contributed by atoms with E-state index < -0.39 is 0 Å². The zero-order valence-corrected chi connectivity index (χ0v) is 8.75. The Morgan fingerprint density at radius 3 is 2.53 bits per heavy atom. The molecule has 0 aromatic carbocycles. The predicted molar refractivity (Wildman–Crippen MR) is 56.1 cm³/mol. The summed E-state index contributed by atoms with van der Waals surface area (Å²) in [5.41, 5.74) is 1.05. The molecular weight excluding hydrogens is 190 g/mol. The smallest absolute Gasteiger partial charge is 0.151 e. The van der Waals surface area contributed by atoms with Crippen LogP contribution in [0.1, 0.15) is 17.6 Å². The highest BCUT2D eigenvalue weighted by molar-refractivity contribution is 5.15. The molecule has 5 nitrogen and oxygen atoms in total. The molecule has 78 valence electrons. The standard InChI is InChI=1S/C10H13N5/c1-11-9(8-4-7-14-15(8)2)10-12-5-3-6-13-10/h3-7,9,11H,1-2H3. The molecule has 1 unspecified atom stereocenters. The first kappa shape index (κ1) is 9.79. The first-order valence-electron chi connectivity index (χ1n) is 4.75. The van der Waals surface area contributed by atoms with E-state index in [1.807, 2.05) is 24.8 Å².